The highest BCUT2D eigenvalue weighted by molar-refractivity contribution is 7.21. The first kappa shape index (κ1) is 36.3. The minimum Gasteiger partial charge on any atom is -0.311 e. The largest absolute Gasteiger partial charge is 0.311 e. The molecule has 5 heteroatoms. The third-order valence-electron chi connectivity index (χ3n) is 13.0. The van der Waals surface area contributed by atoms with Crippen molar-refractivity contribution in [2.45, 2.75) is 0 Å². The Morgan fingerprint density at radius 3 is 1.42 bits per heavy atom. The van der Waals surface area contributed by atoms with Crippen LogP contribution in [0.4, 0.5) is 34.3 Å². The maximum absolute atomic E-state index is 5.59. The minimum absolute atomic E-state index is 0.916. The highest BCUT2D eigenvalue weighted by Crippen LogP contribution is 2.43. The van der Waals surface area contributed by atoms with Gasteiger partial charge < -0.3 is 4.90 Å². The van der Waals surface area contributed by atoms with Gasteiger partial charge in [0, 0.05) is 33.8 Å². The molecule has 62 heavy (non-hydrogen) atoms. The maximum Gasteiger partial charge on any atom is 0.184 e. The van der Waals surface area contributed by atoms with Crippen LogP contribution in [-0.2, 0) is 0 Å². The zero-order valence-corrected chi connectivity index (χ0v) is 36.2. The molecule has 0 fully saturated rings. The lowest BCUT2D eigenvalue weighted by Crippen LogP contribution is -2.77. The van der Waals surface area contributed by atoms with Crippen LogP contribution in [0.1, 0.15) is 0 Å². The van der Waals surface area contributed by atoms with Gasteiger partial charge in [0.1, 0.15) is 14.6 Å². The molecule has 2 aliphatic heterocycles. The normalized spacial score (nSPS) is 13.8. The number of nitrogens with zero attached hydrogens (tertiary/aromatic N) is 3. The van der Waals surface area contributed by atoms with Crippen LogP contribution in [0.15, 0.2) is 243 Å². The van der Waals surface area contributed by atoms with Crippen LogP contribution in [-0.4, -0.2) is 21.9 Å². The molecule has 0 N–H and O–H groups in total. The van der Waals surface area contributed by atoms with Gasteiger partial charge in [-0.3, -0.25) is 4.90 Å². The predicted molar refractivity (Wildman–Crippen MR) is 266 cm³/mol. The van der Waals surface area contributed by atoms with E-state index in [-0.39, 0.29) is 0 Å². The second-order valence-electron chi connectivity index (χ2n) is 16.2. The number of benzene rings is 9. The summed E-state index contributed by atoms with van der Waals surface area (Å²) in [7, 11) is -4.50. The van der Waals surface area contributed by atoms with Crippen molar-refractivity contribution in [2.75, 3.05) is 9.80 Å². The summed E-state index contributed by atoms with van der Waals surface area (Å²) < 4.78 is 0. The molecule has 3 heterocycles. The predicted octanol–water partition coefficient (Wildman–Crippen LogP) is 9.09. The molecule has 292 valence electrons. The van der Waals surface area contributed by atoms with Gasteiger partial charge >= 0.3 is 0 Å². The average molecular weight is 824 g/mol. The lowest BCUT2D eigenvalue weighted by atomic mass is 9.99. The lowest BCUT2D eigenvalue weighted by molar-refractivity contribution is 1.21. The summed E-state index contributed by atoms with van der Waals surface area (Å²) in [6.45, 7) is 0. The fourth-order valence-electron chi connectivity index (χ4n) is 10.4. The molecule has 0 atom stereocenters. The molecule has 9 aromatic carbocycles. The summed E-state index contributed by atoms with van der Waals surface area (Å²) in [5.41, 5.74) is 9.23. The van der Waals surface area contributed by atoms with Gasteiger partial charge in [-0.25, -0.2) is 4.98 Å². The van der Waals surface area contributed by atoms with E-state index in [0.29, 0.717) is 0 Å². The van der Waals surface area contributed by atoms with Gasteiger partial charge in [0.2, 0.25) is 0 Å². The first-order valence-corrected chi connectivity index (χ1v) is 25.2. The van der Waals surface area contributed by atoms with E-state index in [1.807, 2.05) is 0 Å². The van der Waals surface area contributed by atoms with Crippen LogP contribution in [0, 0.1) is 0 Å². The molecule has 0 aliphatic carbocycles. The van der Waals surface area contributed by atoms with Crippen molar-refractivity contribution in [1.82, 2.24) is 4.98 Å². The van der Waals surface area contributed by atoms with Gasteiger partial charge in [-0.05, 0) is 90.8 Å². The molecule has 2 aliphatic rings. The van der Waals surface area contributed by atoms with Gasteiger partial charge in [-0.15, -0.1) is 0 Å². The second kappa shape index (κ2) is 14.9. The Kier molecular flexibility index (Phi) is 8.69. The molecule has 12 rings (SSSR count). The monoisotopic (exact) mass is 823 g/mol. The fourth-order valence-corrected chi connectivity index (χ4v) is 18.8. The van der Waals surface area contributed by atoms with E-state index in [2.05, 4.69) is 252 Å². The van der Waals surface area contributed by atoms with E-state index < -0.39 is 16.9 Å². The van der Waals surface area contributed by atoms with Crippen LogP contribution in [0.2, 0.25) is 0 Å². The van der Waals surface area contributed by atoms with Crippen LogP contribution in [0.5, 0.6) is 0 Å². The minimum atomic E-state index is -2.74. The van der Waals surface area contributed by atoms with E-state index in [4.69, 9.17) is 4.98 Å². The zero-order chi connectivity index (χ0) is 41.0. The highest BCUT2D eigenvalue weighted by Gasteiger charge is 2.48. The smallest absolute Gasteiger partial charge is 0.184 e. The first-order chi connectivity index (χ1) is 30.8. The van der Waals surface area contributed by atoms with Crippen molar-refractivity contribution < 1.29 is 0 Å². The zero-order valence-electron chi connectivity index (χ0n) is 34.0. The molecular formula is C57H41N3Si2. The topological polar surface area (TPSA) is 19.4 Å². The summed E-state index contributed by atoms with van der Waals surface area (Å²) in [5, 5.41) is 10.9. The number of pyridine rings is 1. The molecule has 0 saturated heterocycles. The number of aromatic nitrogens is 1. The Morgan fingerprint density at radius 1 is 0.387 bits per heavy atom. The van der Waals surface area contributed by atoms with Crippen molar-refractivity contribution in [3.8, 4) is 11.1 Å². The molecule has 0 bridgehead atoms. The molecule has 0 saturated carbocycles. The Bertz CT molecular complexity index is 3130. The van der Waals surface area contributed by atoms with Gasteiger partial charge in [0.05, 0.1) is 5.52 Å². The molecule has 0 amide bonds. The number of para-hydroxylation sites is 4. The Morgan fingerprint density at radius 2 is 0.855 bits per heavy atom. The number of fused-ring (bicyclic) bond motifs is 5. The van der Waals surface area contributed by atoms with Crippen molar-refractivity contribution in [3.63, 3.8) is 0 Å². The summed E-state index contributed by atoms with van der Waals surface area (Å²) >= 11 is 0. The summed E-state index contributed by atoms with van der Waals surface area (Å²) in [6.07, 6.45) is 0. The maximum atomic E-state index is 5.59. The van der Waals surface area contributed by atoms with Gasteiger partial charge in [0.15, 0.2) is 8.07 Å². The Hall–Kier alpha value is -7.58. The van der Waals surface area contributed by atoms with E-state index >= 15 is 0 Å². The van der Waals surface area contributed by atoms with Gasteiger partial charge in [-0.1, -0.05) is 199 Å². The summed E-state index contributed by atoms with van der Waals surface area (Å²) in [6, 6.07) is 89.8. The standard InChI is InChI=1S/C57H41N3Si2/c1-5-21-41(22-6-1)46-40-57(60-49-29-13-17-33-53(49)61(43-23-7-2-8-24-43)54-34-18-14-30-50(54)60)58-48-38-37-42(39-47(46)48)59-51-31-15-19-35-55(51)62(44-25-9-3-10-26-44,45-27-11-4-12-28-45)56-36-20-16-32-52(56)59/h1-40,61H. The van der Waals surface area contributed by atoms with Crippen molar-refractivity contribution in [2.24, 2.45) is 0 Å². The average Bonchev–Trinajstić information content (AvgIpc) is 3.35. The molecule has 10 aromatic rings. The summed E-state index contributed by atoms with van der Waals surface area (Å²) in [5.74, 6) is 0.916. The van der Waals surface area contributed by atoms with E-state index in [1.165, 1.54) is 59.1 Å². The lowest BCUT2D eigenvalue weighted by Gasteiger charge is -2.45. The van der Waals surface area contributed by atoms with Crippen LogP contribution in [0.25, 0.3) is 22.0 Å². The number of hydrogen-bond acceptors (Lipinski definition) is 3. The number of anilines is 6. The van der Waals surface area contributed by atoms with Crippen molar-refractivity contribution in [1.29, 1.82) is 0 Å². The van der Waals surface area contributed by atoms with E-state index in [9.17, 15) is 0 Å². The molecule has 0 unspecified atom stereocenters. The Labute approximate surface area is 365 Å². The van der Waals surface area contributed by atoms with Crippen LogP contribution >= 0.6 is 0 Å². The fraction of sp³-hybridized carbons (Fsp3) is 0. The Balaban J connectivity index is 1.07. The van der Waals surface area contributed by atoms with E-state index in [1.54, 1.807) is 0 Å². The van der Waals surface area contributed by atoms with E-state index in [0.717, 1.165) is 33.5 Å². The van der Waals surface area contributed by atoms with Crippen molar-refractivity contribution in [3.05, 3.63) is 243 Å². The molecule has 0 spiro atoms. The van der Waals surface area contributed by atoms with Crippen LogP contribution in [0.3, 0.4) is 0 Å². The third kappa shape index (κ3) is 5.59. The summed E-state index contributed by atoms with van der Waals surface area (Å²) in [4.78, 5) is 10.5. The quantitative estimate of drug-likeness (QED) is 0.156. The first-order valence-electron chi connectivity index (χ1n) is 21.4. The second-order valence-corrected chi connectivity index (χ2v) is 22.8. The number of hydrogen-bond donors (Lipinski definition) is 0. The SMILES string of the molecule is c1ccc(-c2cc(N3c4ccccc4[SiH](c4ccccc4)c4ccccc43)nc3ccc(N4c5ccccc5[Si](c5ccccc5)(c5ccccc5)c5ccccc54)cc23)cc1. The molecule has 3 nitrogen and oxygen atoms in total. The van der Waals surface area contributed by atoms with Crippen LogP contribution < -0.4 is 46.1 Å². The molecule has 0 radical (unpaired) electrons. The molecule has 1 aromatic heterocycles. The van der Waals surface area contributed by atoms with Gasteiger partial charge in [-0.2, -0.15) is 0 Å². The highest BCUT2D eigenvalue weighted by atomic mass is 28.3. The third-order valence-corrected chi connectivity index (χ3v) is 21.1. The number of rotatable bonds is 6. The van der Waals surface area contributed by atoms with Gasteiger partial charge in [0.25, 0.3) is 0 Å². The van der Waals surface area contributed by atoms with Crippen molar-refractivity contribution >= 4 is 98.3 Å². The molecular weight excluding hydrogens is 783 g/mol.